The largest absolute Gasteiger partial charge is 0.469 e. The first-order valence-electron chi connectivity index (χ1n) is 8.36. The summed E-state index contributed by atoms with van der Waals surface area (Å²) in [7, 11) is 0. The summed E-state index contributed by atoms with van der Waals surface area (Å²) in [5.41, 5.74) is 1.90. The van der Waals surface area contributed by atoms with Crippen molar-refractivity contribution in [2.75, 3.05) is 6.54 Å². The SMILES string of the molecule is CCN(Cc1ccccc1)C(=O)CCc1nnc(-c2ccoc2C)o1. The fraction of sp³-hybridized carbons (Fsp3) is 0.316. The first kappa shape index (κ1) is 17.0. The first-order chi connectivity index (χ1) is 12.2. The van der Waals surface area contributed by atoms with Crippen LogP contribution in [0.1, 0.15) is 30.6 Å². The van der Waals surface area contributed by atoms with Crippen molar-refractivity contribution in [3.63, 3.8) is 0 Å². The lowest BCUT2D eigenvalue weighted by molar-refractivity contribution is -0.131. The highest BCUT2D eigenvalue weighted by Gasteiger charge is 2.16. The monoisotopic (exact) mass is 339 g/mol. The highest BCUT2D eigenvalue weighted by Crippen LogP contribution is 2.23. The van der Waals surface area contributed by atoms with Crippen LogP contribution in [0.15, 0.2) is 51.5 Å². The van der Waals surface area contributed by atoms with Gasteiger partial charge in [0.25, 0.3) is 5.89 Å². The molecule has 0 unspecified atom stereocenters. The summed E-state index contributed by atoms with van der Waals surface area (Å²) in [4.78, 5) is 14.3. The smallest absolute Gasteiger partial charge is 0.251 e. The van der Waals surface area contributed by atoms with Crippen LogP contribution in [0.25, 0.3) is 11.5 Å². The Morgan fingerprint density at radius 3 is 2.64 bits per heavy atom. The summed E-state index contributed by atoms with van der Waals surface area (Å²) in [6, 6.07) is 11.8. The average molecular weight is 339 g/mol. The number of furan rings is 1. The third-order valence-corrected chi connectivity index (χ3v) is 4.06. The maximum Gasteiger partial charge on any atom is 0.251 e. The molecule has 130 valence electrons. The molecule has 0 radical (unpaired) electrons. The quantitative estimate of drug-likeness (QED) is 0.657. The molecule has 0 N–H and O–H groups in total. The Labute approximate surface area is 146 Å². The Morgan fingerprint density at radius 1 is 1.16 bits per heavy atom. The molecule has 0 aliphatic heterocycles. The van der Waals surface area contributed by atoms with Crippen molar-refractivity contribution in [2.45, 2.75) is 33.2 Å². The van der Waals surface area contributed by atoms with Crippen LogP contribution in [0.4, 0.5) is 0 Å². The van der Waals surface area contributed by atoms with Gasteiger partial charge in [0, 0.05) is 25.9 Å². The molecule has 0 saturated carbocycles. The molecule has 2 aromatic heterocycles. The number of nitrogens with zero attached hydrogens (tertiary/aromatic N) is 3. The van der Waals surface area contributed by atoms with Gasteiger partial charge in [-0.2, -0.15) is 0 Å². The van der Waals surface area contributed by atoms with E-state index in [1.165, 1.54) is 0 Å². The maximum atomic E-state index is 12.5. The van der Waals surface area contributed by atoms with E-state index in [2.05, 4.69) is 10.2 Å². The summed E-state index contributed by atoms with van der Waals surface area (Å²) in [5.74, 6) is 1.68. The summed E-state index contributed by atoms with van der Waals surface area (Å²) >= 11 is 0. The average Bonchev–Trinajstić information content (AvgIpc) is 3.27. The van der Waals surface area contributed by atoms with Crippen LogP contribution in [-0.2, 0) is 17.8 Å². The van der Waals surface area contributed by atoms with Crippen LogP contribution in [0, 0.1) is 6.92 Å². The summed E-state index contributed by atoms with van der Waals surface area (Å²) in [6.07, 6.45) is 2.35. The van der Waals surface area contributed by atoms with E-state index >= 15 is 0 Å². The van der Waals surface area contributed by atoms with Crippen molar-refractivity contribution in [3.05, 3.63) is 59.9 Å². The molecule has 1 amide bonds. The molecular formula is C19H21N3O3. The van der Waals surface area contributed by atoms with Crippen LogP contribution >= 0.6 is 0 Å². The van der Waals surface area contributed by atoms with Crippen LogP contribution in [0.3, 0.4) is 0 Å². The highest BCUT2D eigenvalue weighted by atomic mass is 16.4. The van der Waals surface area contributed by atoms with Gasteiger partial charge < -0.3 is 13.7 Å². The fourth-order valence-corrected chi connectivity index (χ4v) is 2.62. The number of hydrogen-bond acceptors (Lipinski definition) is 5. The number of aromatic nitrogens is 2. The van der Waals surface area contributed by atoms with Gasteiger partial charge in [0.05, 0.1) is 11.8 Å². The molecule has 2 heterocycles. The summed E-state index contributed by atoms with van der Waals surface area (Å²) in [6.45, 7) is 5.09. The van der Waals surface area contributed by atoms with E-state index in [1.54, 1.807) is 12.3 Å². The highest BCUT2D eigenvalue weighted by molar-refractivity contribution is 5.76. The predicted octanol–water partition coefficient (Wildman–Crippen LogP) is 3.62. The van der Waals surface area contributed by atoms with Crippen molar-refractivity contribution in [2.24, 2.45) is 0 Å². The number of carbonyl (C=O) groups is 1. The van der Waals surface area contributed by atoms with Gasteiger partial charge in [-0.1, -0.05) is 30.3 Å². The molecule has 0 aliphatic carbocycles. The van der Waals surface area contributed by atoms with Gasteiger partial charge >= 0.3 is 0 Å². The van der Waals surface area contributed by atoms with E-state index in [4.69, 9.17) is 8.83 Å². The van der Waals surface area contributed by atoms with Crippen molar-refractivity contribution < 1.29 is 13.6 Å². The second-order valence-electron chi connectivity index (χ2n) is 5.78. The molecule has 0 aliphatic rings. The molecule has 0 saturated heterocycles. The van der Waals surface area contributed by atoms with Crippen LogP contribution in [-0.4, -0.2) is 27.5 Å². The Hall–Kier alpha value is -2.89. The van der Waals surface area contributed by atoms with Crippen LogP contribution < -0.4 is 0 Å². The molecule has 0 fully saturated rings. The molecule has 0 atom stereocenters. The van der Waals surface area contributed by atoms with Gasteiger partial charge in [0.1, 0.15) is 5.76 Å². The van der Waals surface area contributed by atoms with Gasteiger partial charge in [-0.15, -0.1) is 10.2 Å². The third kappa shape index (κ3) is 4.15. The van der Waals surface area contributed by atoms with E-state index in [0.29, 0.717) is 37.7 Å². The molecule has 6 nitrogen and oxygen atoms in total. The normalized spacial score (nSPS) is 10.8. The number of carbonyl (C=O) groups excluding carboxylic acids is 1. The van der Waals surface area contributed by atoms with Crippen molar-refractivity contribution in [1.82, 2.24) is 15.1 Å². The van der Waals surface area contributed by atoms with E-state index < -0.39 is 0 Å². The zero-order chi connectivity index (χ0) is 17.6. The van der Waals surface area contributed by atoms with Crippen molar-refractivity contribution in [3.8, 4) is 11.5 Å². The van der Waals surface area contributed by atoms with E-state index in [1.807, 2.05) is 49.1 Å². The maximum absolute atomic E-state index is 12.5. The Kier molecular flexibility index (Phi) is 5.28. The van der Waals surface area contributed by atoms with Crippen molar-refractivity contribution >= 4 is 5.91 Å². The number of hydrogen-bond donors (Lipinski definition) is 0. The fourth-order valence-electron chi connectivity index (χ4n) is 2.62. The molecule has 3 aromatic rings. The molecular weight excluding hydrogens is 318 g/mol. The first-order valence-corrected chi connectivity index (χ1v) is 8.36. The van der Waals surface area contributed by atoms with Gasteiger partial charge in [-0.3, -0.25) is 4.79 Å². The molecule has 6 heteroatoms. The molecule has 3 rings (SSSR count). The third-order valence-electron chi connectivity index (χ3n) is 4.06. The zero-order valence-corrected chi connectivity index (χ0v) is 14.4. The second kappa shape index (κ2) is 7.79. The Bertz CT molecular complexity index is 823. The van der Waals surface area contributed by atoms with Crippen molar-refractivity contribution in [1.29, 1.82) is 0 Å². The number of rotatable bonds is 7. The van der Waals surface area contributed by atoms with Gasteiger partial charge in [0.15, 0.2) is 0 Å². The van der Waals surface area contributed by atoms with E-state index in [-0.39, 0.29) is 5.91 Å². The van der Waals surface area contributed by atoms with Gasteiger partial charge in [-0.25, -0.2) is 0 Å². The topological polar surface area (TPSA) is 72.4 Å². The number of benzene rings is 1. The predicted molar refractivity (Wildman–Crippen MR) is 92.6 cm³/mol. The molecule has 0 bridgehead atoms. The van der Waals surface area contributed by atoms with E-state index in [9.17, 15) is 4.79 Å². The Balaban J connectivity index is 1.58. The van der Waals surface area contributed by atoms with Crippen LogP contribution in [0.2, 0.25) is 0 Å². The lowest BCUT2D eigenvalue weighted by Gasteiger charge is -2.20. The molecule has 25 heavy (non-hydrogen) atoms. The summed E-state index contributed by atoms with van der Waals surface area (Å²) < 4.78 is 10.9. The van der Waals surface area contributed by atoms with Gasteiger partial charge in [0.2, 0.25) is 11.8 Å². The lowest BCUT2D eigenvalue weighted by Crippen LogP contribution is -2.30. The second-order valence-corrected chi connectivity index (χ2v) is 5.78. The molecule has 1 aromatic carbocycles. The minimum absolute atomic E-state index is 0.0746. The molecule has 0 spiro atoms. The summed E-state index contributed by atoms with van der Waals surface area (Å²) in [5, 5.41) is 8.05. The minimum atomic E-state index is 0.0746. The van der Waals surface area contributed by atoms with E-state index in [0.717, 1.165) is 16.9 Å². The lowest BCUT2D eigenvalue weighted by atomic mass is 10.2. The van der Waals surface area contributed by atoms with Gasteiger partial charge in [-0.05, 0) is 25.5 Å². The van der Waals surface area contributed by atoms with Crippen LogP contribution in [0.5, 0.6) is 0 Å². The standard InChI is InChI=1S/C19H21N3O3/c1-3-22(13-15-7-5-4-6-8-15)18(23)10-9-17-20-21-19(25-17)16-11-12-24-14(16)2/h4-8,11-12H,3,9-10,13H2,1-2H3. The minimum Gasteiger partial charge on any atom is -0.469 e. The number of aryl methyl sites for hydroxylation is 2. The zero-order valence-electron chi connectivity index (χ0n) is 14.4. The number of amides is 1. The Morgan fingerprint density at radius 2 is 1.96 bits per heavy atom.